The average molecular weight is 423 g/mol. The first kappa shape index (κ1) is 20.2. The summed E-state index contributed by atoms with van der Waals surface area (Å²) in [6.45, 7) is 2.73. The van der Waals surface area contributed by atoms with Crippen LogP contribution in [0.15, 0.2) is 79.1 Å². The van der Waals surface area contributed by atoms with E-state index >= 15 is 0 Å². The molecule has 0 aliphatic carbocycles. The zero-order valence-electron chi connectivity index (χ0n) is 18.2. The zero-order valence-corrected chi connectivity index (χ0v) is 18.2. The second-order valence-electron chi connectivity index (χ2n) is 8.29. The Morgan fingerprint density at radius 3 is 2.50 bits per heavy atom. The van der Waals surface area contributed by atoms with Gasteiger partial charge in [-0.15, -0.1) is 0 Å². The third-order valence-corrected chi connectivity index (χ3v) is 6.12. The minimum absolute atomic E-state index is 0.00451. The van der Waals surface area contributed by atoms with Crippen LogP contribution in [-0.2, 0) is 6.54 Å². The molecule has 160 valence electrons. The van der Waals surface area contributed by atoms with Crippen molar-refractivity contribution in [2.75, 3.05) is 25.0 Å². The minimum atomic E-state index is -0.00451. The Morgan fingerprint density at radius 2 is 1.69 bits per heavy atom. The topological polar surface area (TPSA) is 49.3 Å². The van der Waals surface area contributed by atoms with Crippen molar-refractivity contribution >= 4 is 22.5 Å². The molecular weight excluding hydrogens is 396 g/mol. The van der Waals surface area contributed by atoms with Gasteiger partial charge < -0.3 is 9.80 Å². The predicted molar refractivity (Wildman–Crippen MR) is 129 cm³/mol. The van der Waals surface area contributed by atoms with Gasteiger partial charge in [0.05, 0.1) is 16.8 Å². The third-order valence-electron chi connectivity index (χ3n) is 6.12. The number of nitrogens with zero attached hydrogens (tertiary/aromatic N) is 4. The highest BCUT2D eigenvalue weighted by atomic mass is 16.2. The van der Waals surface area contributed by atoms with Crippen LogP contribution in [0.25, 0.3) is 22.2 Å². The fourth-order valence-electron chi connectivity index (χ4n) is 4.47. The van der Waals surface area contributed by atoms with E-state index in [4.69, 9.17) is 4.98 Å². The molecule has 5 heteroatoms. The van der Waals surface area contributed by atoms with Gasteiger partial charge in [0.15, 0.2) is 0 Å². The molecule has 0 atom stereocenters. The van der Waals surface area contributed by atoms with Crippen LogP contribution in [-0.4, -0.2) is 40.9 Å². The summed E-state index contributed by atoms with van der Waals surface area (Å²) < 4.78 is 0. The first-order valence-electron chi connectivity index (χ1n) is 11.1. The lowest BCUT2D eigenvalue weighted by Crippen LogP contribution is -2.28. The van der Waals surface area contributed by atoms with Crippen LogP contribution >= 0.6 is 0 Å². The maximum atomic E-state index is 13.7. The summed E-state index contributed by atoms with van der Waals surface area (Å²) in [5.74, 6) is -0.00451. The summed E-state index contributed by atoms with van der Waals surface area (Å²) in [5.41, 5.74) is 5.63. The van der Waals surface area contributed by atoms with E-state index in [1.807, 2.05) is 54.4 Å². The molecule has 5 nitrogen and oxygen atoms in total. The van der Waals surface area contributed by atoms with Gasteiger partial charge in [-0.1, -0.05) is 36.4 Å². The van der Waals surface area contributed by atoms with Crippen LogP contribution in [0.4, 0.5) is 5.69 Å². The number of benzene rings is 2. The molecule has 4 aromatic rings. The fraction of sp³-hybridized carbons (Fsp3) is 0.222. The van der Waals surface area contributed by atoms with Crippen molar-refractivity contribution in [3.05, 3.63) is 90.3 Å². The lowest BCUT2D eigenvalue weighted by Gasteiger charge is -2.25. The highest BCUT2D eigenvalue weighted by Crippen LogP contribution is 2.28. The Hall–Kier alpha value is -3.73. The van der Waals surface area contributed by atoms with Gasteiger partial charge in [-0.3, -0.25) is 9.78 Å². The maximum absolute atomic E-state index is 13.7. The smallest absolute Gasteiger partial charge is 0.254 e. The number of hydrogen-bond acceptors (Lipinski definition) is 4. The molecule has 1 aliphatic rings. The van der Waals surface area contributed by atoms with E-state index in [9.17, 15) is 4.79 Å². The first-order valence-corrected chi connectivity index (χ1v) is 11.1. The Labute approximate surface area is 188 Å². The summed E-state index contributed by atoms with van der Waals surface area (Å²) in [6, 6.07) is 22.0. The summed E-state index contributed by atoms with van der Waals surface area (Å²) in [5, 5.41) is 0.870. The molecule has 2 aromatic heterocycles. The molecular formula is C27H26N4O. The van der Waals surface area contributed by atoms with Crippen LogP contribution in [0.1, 0.15) is 28.8 Å². The van der Waals surface area contributed by atoms with E-state index < -0.39 is 0 Å². The van der Waals surface area contributed by atoms with E-state index in [0.717, 1.165) is 35.2 Å². The molecule has 0 N–H and O–H groups in total. The number of rotatable bonds is 5. The van der Waals surface area contributed by atoms with Crippen molar-refractivity contribution in [1.82, 2.24) is 14.9 Å². The lowest BCUT2D eigenvalue weighted by molar-refractivity contribution is 0.0787. The van der Waals surface area contributed by atoms with Crippen LogP contribution in [0.3, 0.4) is 0 Å². The second kappa shape index (κ2) is 8.79. The predicted octanol–water partition coefficient (Wildman–Crippen LogP) is 5.17. The molecule has 0 radical (unpaired) electrons. The summed E-state index contributed by atoms with van der Waals surface area (Å²) >= 11 is 0. The van der Waals surface area contributed by atoms with E-state index in [-0.39, 0.29) is 5.91 Å². The molecule has 1 amide bonds. The van der Waals surface area contributed by atoms with Crippen molar-refractivity contribution in [2.24, 2.45) is 0 Å². The molecule has 5 rings (SSSR count). The molecule has 2 aromatic carbocycles. The van der Waals surface area contributed by atoms with Crippen molar-refractivity contribution in [3.8, 4) is 11.3 Å². The van der Waals surface area contributed by atoms with Gasteiger partial charge in [0, 0.05) is 55.7 Å². The molecule has 0 bridgehead atoms. The van der Waals surface area contributed by atoms with Gasteiger partial charge >= 0.3 is 0 Å². The van der Waals surface area contributed by atoms with Crippen molar-refractivity contribution < 1.29 is 4.79 Å². The number of amides is 1. The SMILES string of the molecule is CN(Cc1ccccc1N1CCCC1)C(=O)c1cc(-c2ccncc2)nc2ccccc12. The van der Waals surface area contributed by atoms with Gasteiger partial charge in [0.1, 0.15) is 0 Å². The molecule has 3 heterocycles. The van der Waals surface area contributed by atoms with Crippen LogP contribution in [0.2, 0.25) is 0 Å². The second-order valence-corrected chi connectivity index (χ2v) is 8.29. The van der Waals surface area contributed by atoms with Crippen molar-refractivity contribution in [1.29, 1.82) is 0 Å². The molecule has 32 heavy (non-hydrogen) atoms. The van der Waals surface area contributed by atoms with Crippen LogP contribution in [0, 0.1) is 0 Å². The molecule has 0 unspecified atom stereocenters. The zero-order chi connectivity index (χ0) is 21.9. The van der Waals surface area contributed by atoms with E-state index in [2.05, 4.69) is 34.1 Å². The summed E-state index contributed by atoms with van der Waals surface area (Å²) in [4.78, 5) is 26.8. The Balaban J connectivity index is 1.50. The number of anilines is 1. The molecule has 1 saturated heterocycles. The first-order chi connectivity index (χ1) is 15.7. The van der Waals surface area contributed by atoms with E-state index in [1.54, 1.807) is 12.4 Å². The number of carbonyl (C=O) groups excluding carboxylic acids is 1. The quantitative estimate of drug-likeness (QED) is 0.445. The lowest BCUT2D eigenvalue weighted by atomic mass is 10.0. The Kier molecular flexibility index (Phi) is 5.55. The van der Waals surface area contributed by atoms with Crippen LogP contribution in [0.5, 0.6) is 0 Å². The Bertz CT molecular complexity index is 1250. The summed E-state index contributed by atoms with van der Waals surface area (Å²) in [7, 11) is 1.88. The monoisotopic (exact) mass is 422 g/mol. The number of carbonyl (C=O) groups is 1. The highest BCUT2D eigenvalue weighted by Gasteiger charge is 2.20. The van der Waals surface area contributed by atoms with Crippen molar-refractivity contribution in [2.45, 2.75) is 19.4 Å². The number of para-hydroxylation sites is 2. The molecule has 1 aliphatic heterocycles. The van der Waals surface area contributed by atoms with Gasteiger partial charge in [-0.05, 0) is 48.7 Å². The van der Waals surface area contributed by atoms with Gasteiger partial charge in [0.2, 0.25) is 0 Å². The normalized spacial score (nSPS) is 13.5. The number of hydrogen-bond donors (Lipinski definition) is 0. The van der Waals surface area contributed by atoms with Gasteiger partial charge in [0.25, 0.3) is 5.91 Å². The summed E-state index contributed by atoms with van der Waals surface area (Å²) in [6.07, 6.45) is 5.94. The number of fused-ring (bicyclic) bond motifs is 1. The third kappa shape index (κ3) is 3.94. The number of pyridine rings is 2. The maximum Gasteiger partial charge on any atom is 0.254 e. The van der Waals surface area contributed by atoms with Gasteiger partial charge in [-0.25, -0.2) is 4.98 Å². The number of aromatic nitrogens is 2. The van der Waals surface area contributed by atoms with Crippen molar-refractivity contribution in [3.63, 3.8) is 0 Å². The average Bonchev–Trinajstić information content (AvgIpc) is 3.38. The molecule has 0 saturated carbocycles. The van der Waals surface area contributed by atoms with Crippen LogP contribution < -0.4 is 4.90 Å². The van der Waals surface area contributed by atoms with E-state index in [0.29, 0.717) is 12.1 Å². The molecule has 1 fully saturated rings. The highest BCUT2D eigenvalue weighted by molar-refractivity contribution is 6.07. The van der Waals surface area contributed by atoms with E-state index in [1.165, 1.54) is 24.1 Å². The largest absolute Gasteiger partial charge is 0.371 e. The molecule has 0 spiro atoms. The minimum Gasteiger partial charge on any atom is -0.371 e. The Morgan fingerprint density at radius 1 is 0.969 bits per heavy atom. The fourth-order valence-corrected chi connectivity index (χ4v) is 4.47. The standard InChI is InChI=1S/C27H26N4O/c1-30(19-21-8-2-5-11-26(21)31-16-6-7-17-31)27(32)23-18-25(20-12-14-28-15-13-20)29-24-10-4-3-9-22(23)24/h2-5,8-15,18H,6-7,16-17,19H2,1H3. The van der Waals surface area contributed by atoms with Gasteiger partial charge in [-0.2, -0.15) is 0 Å².